The number of hydrogen-bond donors (Lipinski definition) is 0. The summed E-state index contributed by atoms with van der Waals surface area (Å²) < 4.78 is 10.7. The Labute approximate surface area is 213 Å². The molecule has 3 aromatic carbocycles. The molecular weight excluding hydrogens is 466 g/mol. The van der Waals surface area contributed by atoms with Gasteiger partial charge in [-0.3, -0.25) is 13.9 Å². The van der Waals surface area contributed by atoms with E-state index in [0.29, 0.717) is 23.7 Å². The van der Waals surface area contributed by atoms with Gasteiger partial charge in [0.05, 0.1) is 6.54 Å². The SMILES string of the molecule is Cc1ccccc1Cn1c(=O)c2c(nc3n2CCCN3c2ccc(Oc3ccccc3)cc2)n(C)c1=O. The van der Waals surface area contributed by atoms with Gasteiger partial charge in [-0.2, -0.15) is 4.98 Å². The maximum atomic E-state index is 13.7. The Morgan fingerprint density at radius 2 is 1.57 bits per heavy atom. The Kier molecular flexibility index (Phi) is 5.64. The second-order valence-electron chi connectivity index (χ2n) is 9.31. The van der Waals surface area contributed by atoms with Gasteiger partial charge in [0.25, 0.3) is 5.56 Å². The Morgan fingerprint density at radius 1 is 0.865 bits per heavy atom. The summed E-state index contributed by atoms with van der Waals surface area (Å²) in [6, 6.07) is 25.3. The second kappa shape index (κ2) is 9.13. The molecule has 0 saturated heterocycles. The maximum absolute atomic E-state index is 13.7. The number of imidazole rings is 1. The summed E-state index contributed by atoms with van der Waals surface area (Å²) in [5.74, 6) is 2.18. The highest BCUT2D eigenvalue weighted by Gasteiger charge is 2.27. The minimum atomic E-state index is -0.370. The molecule has 0 radical (unpaired) electrons. The van der Waals surface area contributed by atoms with Gasteiger partial charge in [-0.15, -0.1) is 0 Å². The van der Waals surface area contributed by atoms with Crippen molar-refractivity contribution in [2.75, 3.05) is 11.4 Å². The Hall–Kier alpha value is -4.59. The third kappa shape index (κ3) is 4.00. The van der Waals surface area contributed by atoms with E-state index >= 15 is 0 Å². The van der Waals surface area contributed by atoms with E-state index in [0.717, 1.165) is 41.3 Å². The number of aryl methyl sites for hydroxylation is 3. The van der Waals surface area contributed by atoms with Gasteiger partial charge in [0.15, 0.2) is 11.2 Å². The van der Waals surface area contributed by atoms with Gasteiger partial charge in [0.1, 0.15) is 11.5 Å². The fourth-order valence-corrected chi connectivity index (χ4v) is 4.93. The molecule has 186 valence electrons. The first-order valence-corrected chi connectivity index (χ1v) is 12.4. The van der Waals surface area contributed by atoms with Gasteiger partial charge in [0.2, 0.25) is 5.95 Å². The first kappa shape index (κ1) is 22.8. The highest BCUT2D eigenvalue weighted by Crippen LogP contribution is 2.32. The predicted molar refractivity (Wildman–Crippen MR) is 144 cm³/mol. The number of para-hydroxylation sites is 1. The molecule has 8 heteroatoms. The van der Waals surface area contributed by atoms with E-state index in [2.05, 4.69) is 4.90 Å². The third-order valence-corrected chi connectivity index (χ3v) is 6.93. The average Bonchev–Trinajstić information content (AvgIpc) is 3.32. The molecule has 8 nitrogen and oxygen atoms in total. The van der Waals surface area contributed by atoms with Crippen molar-refractivity contribution in [3.63, 3.8) is 0 Å². The number of rotatable bonds is 5. The van der Waals surface area contributed by atoms with E-state index in [1.807, 2.05) is 90.4 Å². The molecule has 0 aliphatic carbocycles. The van der Waals surface area contributed by atoms with Crippen LogP contribution in [0.3, 0.4) is 0 Å². The summed E-state index contributed by atoms with van der Waals surface area (Å²) >= 11 is 0. The minimum absolute atomic E-state index is 0.223. The Bertz CT molecular complexity index is 1720. The van der Waals surface area contributed by atoms with E-state index in [9.17, 15) is 9.59 Å². The lowest BCUT2D eigenvalue weighted by atomic mass is 10.1. The first-order chi connectivity index (χ1) is 18.0. The van der Waals surface area contributed by atoms with Crippen LogP contribution in [-0.2, 0) is 20.1 Å². The molecule has 2 aromatic heterocycles. The Balaban J connectivity index is 1.40. The summed E-state index contributed by atoms with van der Waals surface area (Å²) in [6.45, 7) is 3.63. The van der Waals surface area contributed by atoms with Crippen molar-refractivity contribution in [3.8, 4) is 11.5 Å². The number of aromatic nitrogens is 4. The molecule has 0 unspecified atom stereocenters. The summed E-state index contributed by atoms with van der Waals surface area (Å²) in [7, 11) is 1.68. The fourth-order valence-electron chi connectivity index (χ4n) is 4.93. The van der Waals surface area contributed by atoms with Crippen LogP contribution in [0.1, 0.15) is 17.5 Å². The monoisotopic (exact) mass is 493 g/mol. The molecule has 1 aliphatic heterocycles. The summed E-state index contributed by atoms with van der Waals surface area (Å²) in [5.41, 5.74) is 3.11. The average molecular weight is 494 g/mol. The first-order valence-electron chi connectivity index (χ1n) is 12.4. The number of hydrogen-bond acceptors (Lipinski definition) is 5. The molecule has 37 heavy (non-hydrogen) atoms. The zero-order chi connectivity index (χ0) is 25.5. The number of benzene rings is 3. The van der Waals surface area contributed by atoms with Crippen LogP contribution in [0.2, 0.25) is 0 Å². The van der Waals surface area contributed by atoms with Gasteiger partial charge in [-0.25, -0.2) is 4.79 Å². The predicted octanol–water partition coefficient (Wildman–Crippen LogP) is 4.59. The highest BCUT2D eigenvalue weighted by atomic mass is 16.5. The molecule has 0 saturated carbocycles. The zero-order valence-electron chi connectivity index (χ0n) is 20.8. The van der Waals surface area contributed by atoms with E-state index in [4.69, 9.17) is 9.72 Å². The third-order valence-electron chi connectivity index (χ3n) is 6.93. The van der Waals surface area contributed by atoms with Gasteiger partial charge in [-0.05, 0) is 60.9 Å². The van der Waals surface area contributed by atoms with Crippen LogP contribution in [0.25, 0.3) is 11.2 Å². The van der Waals surface area contributed by atoms with Crippen molar-refractivity contribution in [2.24, 2.45) is 7.05 Å². The van der Waals surface area contributed by atoms with Crippen molar-refractivity contribution >= 4 is 22.8 Å². The molecule has 0 bridgehead atoms. The van der Waals surface area contributed by atoms with Gasteiger partial charge in [-0.1, -0.05) is 42.5 Å². The van der Waals surface area contributed by atoms with Crippen LogP contribution < -0.4 is 20.9 Å². The largest absolute Gasteiger partial charge is 0.457 e. The van der Waals surface area contributed by atoms with Crippen LogP contribution in [-0.4, -0.2) is 25.2 Å². The summed E-state index contributed by atoms with van der Waals surface area (Å²) in [5, 5.41) is 0. The standard InChI is InChI=1S/C29H27N5O3/c1-20-9-6-7-10-21(20)19-34-27(35)25-26(31(2)29(34)36)30-28-32(17-8-18-33(25)28)22-13-15-24(16-14-22)37-23-11-4-3-5-12-23/h3-7,9-16H,8,17-19H2,1-2H3. The van der Waals surface area contributed by atoms with Gasteiger partial charge < -0.3 is 14.2 Å². The summed E-state index contributed by atoms with van der Waals surface area (Å²) in [4.78, 5) is 33.8. The second-order valence-corrected chi connectivity index (χ2v) is 9.31. The highest BCUT2D eigenvalue weighted by molar-refractivity contribution is 5.77. The van der Waals surface area contributed by atoms with E-state index in [1.165, 1.54) is 9.13 Å². The number of fused-ring (bicyclic) bond motifs is 3. The van der Waals surface area contributed by atoms with Gasteiger partial charge in [0, 0.05) is 25.8 Å². The van der Waals surface area contributed by atoms with E-state index in [-0.39, 0.29) is 17.8 Å². The van der Waals surface area contributed by atoms with Crippen LogP contribution in [0.5, 0.6) is 11.5 Å². The fraction of sp³-hybridized carbons (Fsp3) is 0.207. The Morgan fingerprint density at radius 3 is 2.32 bits per heavy atom. The summed E-state index contributed by atoms with van der Waals surface area (Å²) in [6.07, 6.45) is 0.848. The number of anilines is 2. The lowest BCUT2D eigenvalue weighted by molar-refractivity contribution is 0.482. The van der Waals surface area contributed by atoms with E-state index < -0.39 is 0 Å². The van der Waals surface area contributed by atoms with Crippen LogP contribution in [0.4, 0.5) is 11.6 Å². The van der Waals surface area contributed by atoms with Crippen molar-refractivity contribution in [1.82, 2.24) is 18.7 Å². The van der Waals surface area contributed by atoms with Crippen molar-refractivity contribution in [2.45, 2.75) is 26.4 Å². The van der Waals surface area contributed by atoms with Crippen LogP contribution in [0, 0.1) is 6.92 Å². The smallest absolute Gasteiger partial charge is 0.332 e. The number of nitrogens with zero attached hydrogens (tertiary/aromatic N) is 5. The van der Waals surface area contributed by atoms with Crippen molar-refractivity contribution in [1.29, 1.82) is 0 Å². The zero-order valence-corrected chi connectivity index (χ0v) is 20.8. The van der Waals surface area contributed by atoms with Crippen molar-refractivity contribution in [3.05, 3.63) is 111 Å². The van der Waals surface area contributed by atoms with Crippen LogP contribution >= 0.6 is 0 Å². The molecule has 1 aliphatic rings. The topological polar surface area (TPSA) is 74.3 Å². The number of ether oxygens (including phenoxy) is 1. The lowest BCUT2D eigenvalue weighted by Crippen LogP contribution is -2.40. The quantitative estimate of drug-likeness (QED) is 0.358. The van der Waals surface area contributed by atoms with Crippen molar-refractivity contribution < 1.29 is 4.74 Å². The lowest BCUT2D eigenvalue weighted by Gasteiger charge is -2.29. The molecule has 0 spiro atoms. The van der Waals surface area contributed by atoms with E-state index in [1.54, 1.807) is 7.05 Å². The molecule has 3 heterocycles. The maximum Gasteiger partial charge on any atom is 0.332 e. The molecule has 5 aromatic rings. The van der Waals surface area contributed by atoms with Crippen LogP contribution in [0.15, 0.2) is 88.5 Å². The molecule has 0 amide bonds. The molecule has 6 rings (SSSR count). The molecular formula is C29H27N5O3. The normalized spacial score (nSPS) is 13.1. The molecule has 0 fully saturated rings. The molecule has 0 atom stereocenters. The minimum Gasteiger partial charge on any atom is -0.457 e. The molecule has 0 N–H and O–H groups in total. The van der Waals surface area contributed by atoms with Gasteiger partial charge >= 0.3 is 5.69 Å².